The molecular formula is C33H29ClF3N3O3. The van der Waals surface area contributed by atoms with E-state index < -0.39 is 23.7 Å². The zero-order valence-electron chi connectivity index (χ0n) is 23.2. The van der Waals surface area contributed by atoms with E-state index in [0.29, 0.717) is 40.8 Å². The van der Waals surface area contributed by atoms with Crippen molar-refractivity contribution in [3.8, 4) is 11.1 Å². The summed E-state index contributed by atoms with van der Waals surface area (Å²) in [5, 5.41) is 8.58. The van der Waals surface area contributed by atoms with Crippen LogP contribution < -0.4 is 16.0 Å². The van der Waals surface area contributed by atoms with Gasteiger partial charge in [-0.15, -0.1) is 0 Å². The number of carbonyl (C=O) groups excluding carboxylic acids is 3. The molecule has 0 saturated carbocycles. The van der Waals surface area contributed by atoms with Gasteiger partial charge in [0.2, 0.25) is 11.8 Å². The normalized spacial score (nSPS) is 11.8. The van der Waals surface area contributed by atoms with Crippen molar-refractivity contribution in [2.24, 2.45) is 0 Å². The number of nitrogens with one attached hydrogen (secondary N) is 3. The molecule has 3 amide bonds. The van der Waals surface area contributed by atoms with Gasteiger partial charge < -0.3 is 16.0 Å². The van der Waals surface area contributed by atoms with Gasteiger partial charge in [0.25, 0.3) is 5.91 Å². The molecule has 0 spiro atoms. The Balaban J connectivity index is 1.44. The van der Waals surface area contributed by atoms with E-state index in [1.807, 2.05) is 13.0 Å². The number of amides is 3. The van der Waals surface area contributed by atoms with Crippen molar-refractivity contribution in [3.63, 3.8) is 0 Å². The minimum atomic E-state index is -4.46. The van der Waals surface area contributed by atoms with Crippen LogP contribution in [-0.4, -0.2) is 17.7 Å². The monoisotopic (exact) mass is 607 g/mol. The zero-order chi connectivity index (χ0) is 31.0. The molecule has 0 saturated heterocycles. The number of carbonyl (C=O) groups is 3. The summed E-state index contributed by atoms with van der Waals surface area (Å²) >= 11 is 6.46. The van der Waals surface area contributed by atoms with Gasteiger partial charge in [0, 0.05) is 18.5 Å². The van der Waals surface area contributed by atoms with Crippen molar-refractivity contribution in [2.75, 3.05) is 5.32 Å². The van der Waals surface area contributed by atoms with Crippen LogP contribution in [0.15, 0.2) is 97.1 Å². The van der Waals surface area contributed by atoms with Gasteiger partial charge in [-0.2, -0.15) is 13.2 Å². The van der Waals surface area contributed by atoms with Crippen molar-refractivity contribution in [1.82, 2.24) is 10.6 Å². The van der Waals surface area contributed by atoms with Gasteiger partial charge in [-0.1, -0.05) is 85.3 Å². The lowest BCUT2D eigenvalue weighted by molar-refractivity contribution is -0.137. The highest BCUT2D eigenvalue weighted by molar-refractivity contribution is 6.34. The van der Waals surface area contributed by atoms with E-state index in [0.717, 1.165) is 12.1 Å². The Morgan fingerprint density at radius 3 is 2.19 bits per heavy atom. The Kier molecular flexibility index (Phi) is 10.2. The third kappa shape index (κ3) is 8.23. The zero-order valence-corrected chi connectivity index (χ0v) is 23.9. The average molecular weight is 608 g/mol. The molecule has 0 fully saturated rings. The van der Waals surface area contributed by atoms with Gasteiger partial charge in [-0.25, -0.2) is 0 Å². The number of benzene rings is 4. The van der Waals surface area contributed by atoms with Crippen LogP contribution >= 0.6 is 11.6 Å². The Labute approximate surface area is 252 Å². The van der Waals surface area contributed by atoms with Crippen LogP contribution in [0.4, 0.5) is 18.9 Å². The molecule has 1 unspecified atom stereocenters. The van der Waals surface area contributed by atoms with Crippen LogP contribution in [0.3, 0.4) is 0 Å². The summed E-state index contributed by atoms with van der Waals surface area (Å²) in [6.45, 7) is 2.00. The van der Waals surface area contributed by atoms with E-state index in [2.05, 4.69) is 16.0 Å². The van der Waals surface area contributed by atoms with Gasteiger partial charge in [-0.05, 0) is 59.0 Å². The van der Waals surface area contributed by atoms with Crippen molar-refractivity contribution < 1.29 is 27.6 Å². The number of hydrogen-bond acceptors (Lipinski definition) is 3. The summed E-state index contributed by atoms with van der Waals surface area (Å²) < 4.78 is 39.0. The largest absolute Gasteiger partial charge is 0.416 e. The summed E-state index contributed by atoms with van der Waals surface area (Å²) in [6, 6.07) is 24.1. The third-order valence-corrected chi connectivity index (χ3v) is 6.93. The summed E-state index contributed by atoms with van der Waals surface area (Å²) in [6.07, 6.45) is -3.51. The molecule has 0 aromatic heterocycles. The Bertz CT molecular complexity index is 1590. The molecule has 10 heteroatoms. The van der Waals surface area contributed by atoms with Crippen LogP contribution in [0, 0.1) is 0 Å². The molecule has 4 rings (SSSR count). The lowest BCUT2D eigenvalue weighted by atomic mass is 9.98. The first kappa shape index (κ1) is 31.3. The first-order chi connectivity index (χ1) is 20.6. The van der Waals surface area contributed by atoms with E-state index >= 15 is 0 Å². The summed E-state index contributed by atoms with van der Waals surface area (Å²) in [5.74, 6) is -1.11. The van der Waals surface area contributed by atoms with Crippen LogP contribution in [0.5, 0.6) is 0 Å². The molecule has 0 aliphatic heterocycles. The van der Waals surface area contributed by atoms with Gasteiger partial charge in [0.05, 0.1) is 16.3 Å². The van der Waals surface area contributed by atoms with E-state index in [-0.39, 0.29) is 28.9 Å². The summed E-state index contributed by atoms with van der Waals surface area (Å²) in [5.41, 5.74) is 2.02. The maximum Gasteiger partial charge on any atom is 0.416 e. The van der Waals surface area contributed by atoms with E-state index in [4.69, 9.17) is 11.6 Å². The topological polar surface area (TPSA) is 87.3 Å². The van der Waals surface area contributed by atoms with Crippen LogP contribution in [0.1, 0.15) is 52.9 Å². The van der Waals surface area contributed by atoms with E-state index in [1.54, 1.807) is 66.7 Å². The second-order valence-electron chi connectivity index (χ2n) is 9.77. The van der Waals surface area contributed by atoms with Crippen molar-refractivity contribution in [1.29, 1.82) is 0 Å². The van der Waals surface area contributed by atoms with E-state index in [1.165, 1.54) is 12.1 Å². The number of alkyl halides is 3. The molecule has 1 atom stereocenters. The van der Waals surface area contributed by atoms with Crippen LogP contribution in [0.25, 0.3) is 11.1 Å². The molecule has 222 valence electrons. The van der Waals surface area contributed by atoms with Gasteiger partial charge in [0.15, 0.2) is 0 Å². The minimum Gasteiger partial charge on any atom is -0.350 e. The Morgan fingerprint density at radius 2 is 1.53 bits per heavy atom. The fourth-order valence-corrected chi connectivity index (χ4v) is 4.68. The van der Waals surface area contributed by atoms with Crippen molar-refractivity contribution >= 4 is 35.0 Å². The molecule has 43 heavy (non-hydrogen) atoms. The summed E-state index contributed by atoms with van der Waals surface area (Å²) in [4.78, 5) is 38.5. The van der Waals surface area contributed by atoms with Gasteiger partial charge >= 0.3 is 6.18 Å². The maximum absolute atomic E-state index is 13.2. The first-order valence-corrected chi connectivity index (χ1v) is 13.9. The standard InChI is InChI=1S/C33H29ClF3N3O3/c1-2-8-29(41)40-30(23-9-4-3-5-10-23)32(43)38-20-21-13-18-28(27(34)19-21)39-31(42)26-12-7-6-11-25(26)22-14-16-24(17-15-22)33(35,36)37/h3-7,9-19,30H,2,8,20H2,1H3,(H,38,43)(H,39,42)(H,40,41). The summed E-state index contributed by atoms with van der Waals surface area (Å²) in [7, 11) is 0. The number of hydrogen-bond donors (Lipinski definition) is 3. The lowest BCUT2D eigenvalue weighted by Crippen LogP contribution is -2.40. The Morgan fingerprint density at radius 1 is 0.860 bits per heavy atom. The van der Waals surface area contributed by atoms with Crippen LogP contribution in [0.2, 0.25) is 5.02 Å². The second kappa shape index (κ2) is 14.0. The molecule has 3 N–H and O–H groups in total. The van der Waals surface area contributed by atoms with Gasteiger partial charge in [-0.3, -0.25) is 14.4 Å². The lowest BCUT2D eigenvalue weighted by Gasteiger charge is -2.19. The highest BCUT2D eigenvalue weighted by Crippen LogP contribution is 2.32. The Hall–Kier alpha value is -4.63. The number of anilines is 1. The van der Waals surface area contributed by atoms with Gasteiger partial charge in [0.1, 0.15) is 6.04 Å². The van der Waals surface area contributed by atoms with Crippen molar-refractivity contribution in [3.05, 3.63) is 124 Å². The molecule has 4 aromatic rings. The number of halogens is 4. The van der Waals surface area contributed by atoms with E-state index in [9.17, 15) is 27.6 Å². The van der Waals surface area contributed by atoms with Crippen molar-refractivity contribution in [2.45, 2.75) is 38.5 Å². The molecule has 0 aliphatic rings. The molecule has 0 bridgehead atoms. The second-order valence-corrected chi connectivity index (χ2v) is 10.2. The quantitative estimate of drug-likeness (QED) is 0.174. The average Bonchev–Trinajstić information content (AvgIpc) is 3.00. The third-order valence-electron chi connectivity index (χ3n) is 6.62. The predicted molar refractivity (Wildman–Crippen MR) is 160 cm³/mol. The first-order valence-electron chi connectivity index (χ1n) is 13.5. The molecule has 0 radical (unpaired) electrons. The number of rotatable bonds is 10. The highest BCUT2D eigenvalue weighted by Gasteiger charge is 2.30. The minimum absolute atomic E-state index is 0.122. The smallest absolute Gasteiger partial charge is 0.350 e. The fraction of sp³-hybridized carbons (Fsp3) is 0.182. The predicted octanol–water partition coefficient (Wildman–Crippen LogP) is 7.55. The molecular weight excluding hydrogens is 579 g/mol. The maximum atomic E-state index is 13.2. The molecule has 0 aliphatic carbocycles. The SMILES string of the molecule is CCCC(=O)NC(C(=O)NCc1ccc(NC(=O)c2ccccc2-c2ccc(C(F)(F)F)cc2)c(Cl)c1)c1ccccc1. The molecule has 4 aromatic carbocycles. The highest BCUT2D eigenvalue weighted by atomic mass is 35.5. The van der Waals surface area contributed by atoms with Crippen LogP contribution in [-0.2, 0) is 22.3 Å². The molecule has 0 heterocycles. The fourth-order valence-electron chi connectivity index (χ4n) is 4.43. The molecule has 6 nitrogen and oxygen atoms in total.